The van der Waals surface area contributed by atoms with Gasteiger partial charge in [0, 0.05) is 17.8 Å². The third-order valence-electron chi connectivity index (χ3n) is 3.30. The summed E-state index contributed by atoms with van der Waals surface area (Å²) in [6.07, 6.45) is 2.46. The van der Waals surface area contributed by atoms with Crippen LogP contribution in [0.5, 0.6) is 0 Å². The van der Waals surface area contributed by atoms with Crippen LogP contribution >= 0.6 is 0 Å². The van der Waals surface area contributed by atoms with Gasteiger partial charge in [-0.25, -0.2) is 4.98 Å². The van der Waals surface area contributed by atoms with Crippen molar-refractivity contribution in [2.45, 2.75) is 26.3 Å². The first-order valence-electron chi connectivity index (χ1n) is 6.10. The van der Waals surface area contributed by atoms with Crippen molar-refractivity contribution in [2.24, 2.45) is 5.73 Å². The molecule has 94 valence electrons. The van der Waals surface area contributed by atoms with Crippen molar-refractivity contribution in [1.29, 1.82) is 0 Å². The van der Waals surface area contributed by atoms with Gasteiger partial charge in [0.2, 0.25) is 0 Å². The van der Waals surface area contributed by atoms with E-state index in [9.17, 15) is 0 Å². The third-order valence-corrected chi connectivity index (χ3v) is 3.30. The number of nitrogens with two attached hydrogens (primary N) is 2. The van der Waals surface area contributed by atoms with E-state index in [1.807, 2.05) is 12.1 Å². The molecule has 0 aliphatic rings. The summed E-state index contributed by atoms with van der Waals surface area (Å²) in [6, 6.07) is 10.1. The van der Waals surface area contributed by atoms with Crippen molar-refractivity contribution < 1.29 is 0 Å². The van der Waals surface area contributed by atoms with Gasteiger partial charge in [0.15, 0.2) is 0 Å². The van der Waals surface area contributed by atoms with Crippen LogP contribution in [0.4, 0.5) is 5.82 Å². The number of aryl methyl sites for hydroxylation is 2. The van der Waals surface area contributed by atoms with Gasteiger partial charge in [-0.05, 0) is 43.0 Å². The van der Waals surface area contributed by atoms with Crippen LogP contribution in [0.2, 0.25) is 0 Å². The number of nitrogens with zero attached hydrogens (tertiary/aromatic N) is 1. The van der Waals surface area contributed by atoms with Crippen molar-refractivity contribution in [3.63, 3.8) is 0 Å². The van der Waals surface area contributed by atoms with E-state index in [4.69, 9.17) is 11.5 Å². The fourth-order valence-electron chi connectivity index (χ4n) is 2.04. The maximum absolute atomic E-state index is 6.20. The first-order chi connectivity index (χ1) is 8.58. The number of nitrogen functional groups attached to an aromatic ring is 1. The average molecular weight is 241 g/mol. The van der Waals surface area contributed by atoms with Crippen molar-refractivity contribution in [2.75, 3.05) is 5.73 Å². The number of hydrogen-bond donors (Lipinski definition) is 2. The second-order valence-electron chi connectivity index (χ2n) is 4.71. The SMILES string of the molecule is Cc1ccc(CC(N)c2cccnc2N)cc1C. The van der Waals surface area contributed by atoms with Gasteiger partial charge in [-0.3, -0.25) is 0 Å². The minimum atomic E-state index is -0.110. The Morgan fingerprint density at radius 3 is 2.61 bits per heavy atom. The standard InChI is InChI=1S/C15H19N3/c1-10-5-6-12(8-11(10)2)9-14(16)13-4-3-7-18-15(13)17/h3-8,14H,9,16H2,1-2H3,(H2,17,18). The lowest BCUT2D eigenvalue weighted by Gasteiger charge is -2.14. The van der Waals surface area contributed by atoms with E-state index in [0.29, 0.717) is 5.82 Å². The Balaban J connectivity index is 2.19. The van der Waals surface area contributed by atoms with Crippen LogP contribution in [0, 0.1) is 13.8 Å². The Hall–Kier alpha value is -1.87. The Labute approximate surface area is 108 Å². The number of aromatic nitrogens is 1. The monoisotopic (exact) mass is 241 g/mol. The molecule has 4 N–H and O–H groups in total. The fourth-order valence-corrected chi connectivity index (χ4v) is 2.04. The molecule has 1 aromatic carbocycles. The second-order valence-corrected chi connectivity index (χ2v) is 4.71. The fraction of sp³-hybridized carbons (Fsp3) is 0.267. The molecule has 0 saturated heterocycles. The molecule has 1 heterocycles. The van der Waals surface area contributed by atoms with Crippen LogP contribution in [-0.4, -0.2) is 4.98 Å². The highest BCUT2D eigenvalue weighted by atomic mass is 14.8. The predicted molar refractivity (Wildman–Crippen MR) is 75.2 cm³/mol. The van der Waals surface area contributed by atoms with E-state index < -0.39 is 0 Å². The van der Waals surface area contributed by atoms with E-state index >= 15 is 0 Å². The Bertz CT molecular complexity index is 549. The lowest BCUT2D eigenvalue weighted by Crippen LogP contribution is -2.15. The van der Waals surface area contributed by atoms with Crippen LogP contribution in [0.25, 0.3) is 0 Å². The third kappa shape index (κ3) is 2.68. The molecule has 0 radical (unpaired) electrons. The van der Waals surface area contributed by atoms with Crippen LogP contribution in [0.3, 0.4) is 0 Å². The molecule has 0 amide bonds. The van der Waals surface area contributed by atoms with Crippen LogP contribution in [0.1, 0.15) is 28.3 Å². The van der Waals surface area contributed by atoms with Gasteiger partial charge in [0.05, 0.1) is 0 Å². The molecule has 1 unspecified atom stereocenters. The average Bonchev–Trinajstić information content (AvgIpc) is 2.34. The van der Waals surface area contributed by atoms with Gasteiger partial charge in [0.1, 0.15) is 5.82 Å². The van der Waals surface area contributed by atoms with Crippen molar-refractivity contribution >= 4 is 5.82 Å². The molecular weight excluding hydrogens is 222 g/mol. The highest BCUT2D eigenvalue weighted by Gasteiger charge is 2.11. The number of rotatable bonds is 3. The molecule has 0 bridgehead atoms. The number of benzene rings is 1. The zero-order chi connectivity index (χ0) is 13.1. The highest BCUT2D eigenvalue weighted by Crippen LogP contribution is 2.21. The van der Waals surface area contributed by atoms with Gasteiger partial charge in [-0.2, -0.15) is 0 Å². The summed E-state index contributed by atoms with van der Waals surface area (Å²) < 4.78 is 0. The summed E-state index contributed by atoms with van der Waals surface area (Å²) in [5.41, 5.74) is 16.8. The van der Waals surface area contributed by atoms with Crippen LogP contribution in [0.15, 0.2) is 36.5 Å². The van der Waals surface area contributed by atoms with Crippen LogP contribution in [-0.2, 0) is 6.42 Å². The number of hydrogen-bond acceptors (Lipinski definition) is 3. The molecule has 0 saturated carbocycles. The van der Waals surface area contributed by atoms with Gasteiger partial charge in [-0.15, -0.1) is 0 Å². The lowest BCUT2D eigenvalue weighted by molar-refractivity contribution is 0.720. The van der Waals surface area contributed by atoms with Crippen molar-refractivity contribution in [3.8, 4) is 0 Å². The molecule has 1 atom stereocenters. The summed E-state index contributed by atoms with van der Waals surface area (Å²) in [6.45, 7) is 4.22. The van der Waals surface area contributed by atoms with E-state index in [1.54, 1.807) is 6.20 Å². The van der Waals surface area contributed by atoms with Crippen LogP contribution < -0.4 is 11.5 Å². The van der Waals surface area contributed by atoms with E-state index in [1.165, 1.54) is 16.7 Å². The lowest BCUT2D eigenvalue weighted by atomic mass is 9.97. The highest BCUT2D eigenvalue weighted by molar-refractivity contribution is 5.41. The van der Waals surface area contributed by atoms with Gasteiger partial charge in [0.25, 0.3) is 0 Å². The summed E-state index contributed by atoms with van der Waals surface area (Å²) >= 11 is 0. The molecular formula is C15H19N3. The molecule has 18 heavy (non-hydrogen) atoms. The number of anilines is 1. The van der Waals surface area contributed by atoms with Crippen molar-refractivity contribution in [1.82, 2.24) is 4.98 Å². The Kier molecular flexibility index (Phi) is 3.63. The second kappa shape index (κ2) is 5.19. The normalized spacial score (nSPS) is 12.4. The topological polar surface area (TPSA) is 64.9 Å². The Morgan fingerprint density at radius 2 is 1.94 bits per heavy atom. The van der Waals surface area contributed by atoms with E-state index in [0.717, 1.165) is 12.0 Å². The summed E-state index contributed by atoms with van der Waals surface area (Å²) in [5.74, 6) is 0.522. The van der Waals surface area contributed by atoms with Crippen molar-refractivity contribution in [3.05, 3.63) is 58.8 Å². The minimum absolute atomic E-state index is 0.110. The largest absolute Gasteiger partial charge is 0.383 e. The molecule has 3 nitrogen and oxygen atoms in total. The molecule has 2 rings (SSSR count). The van der Waals surface area contributed by atoms with Gasteiger partial charge < -0.3 is 11.5 Å². The molecule has 0 aliphatic carbocycles. The summed E-state index contributed by atoms with van der Waals surface area (Å²) in [4.78, 5) is 4.07. The smallest absolute Gasteiger partial charge is 0.128 e. The van der Waals surface area contributed by atoms with Gasteiger partial charge >= 0.3 is 0 Å². The molecule has 2 aromatic rings. The quantitative estimate of drug-likeness (QED) is 0.867. The van der Waals surface area contributed by atoms with E-state index in [2.05, 4.69) is 37.0 Å². The van der Waals surface area contributed by atoms with Gasteiger partial charge in [-0.1, -0.05) is 24.3 Å². The number of pyridine rings is 1. The zero-order valence-electron chi connectivity index (χ0n) is 10.9. The first kappa shape index (κ1) is 12.6. The molecule has 0 fully saturated rings. The summed E-state index contributed by atoms with van der Waals surface area (Å²) in [7, 11) is 0. The van der Waals surface area contributed by atoms with E-state index in [-0.39, 0.29) is 6.04 Å². The first-order valence-corrected chi connectivity index (χ1v) is 6.10. The zero-order valence-corrected chi connectivity index (χ0v) is 10.9. The summed E-state index contributed by atoms with van der Waals surface area (Å²) in [5, 5.41) is 0. The molecule has 1 aromatic heterocycles. The molecule has 0 spiro atoms. The molecule has 0 aliphatic heterocycles. The maximum atomic E-state index is 6.20. The predicted octanol–water partition coefficient (Wildman–Crippen LogP) is 2.52. The molecule has 3 heteroatoms. The maximum Gasteiger partial charge on any atom is 0.128 e. The minimum Gasteiger partial charge on any atom is -0.383 e. The Morgan fingerprint density at radius 1 is 1.17 bits per heavy atom.